The molecule has 122 valence electrons. The molecule has 3 aromatic rings. The fourth-order valence-corrected chi connectivity index (χ4v) is 3.16. The molecule has 0 radical (unpaired) electrons. The van der Waals surface area contributed by atoms with Gasteiger partial charge in [-0.25, -0.2) is 8.78 Å². The van der Waals surface area contributed by atoms with Crippen LogP contribution >= 0.6 is 0 Å². The van der Waals surface area contributed by atoms with Gasteiger partial charge in [0, 0.05) is 18.4 Å². The lowest BCUT2D eigenvalue weighted by molar-refractivity contribution is 0.599. The zero-order chi connectivity index (χ0) is 16.9. The highest BCUT2D eigenvalue weighted by Gasteiger charge is 2.25. The largest absolute Gasteiger partial charge is 0.330 e. The topological polar surface area (TPSA) is 26.0 Å². The van der Waals surface area contributed by atoms with Crippen LogP contribution in [0, 0.1) is 11.6 Å². The van der Waals surface area contributed by atoms with E-state index in [1.54, 1.807) is 24.3 Å². The number of nitrogens with two attached hydrogens (primary N) is 1. The highest BCUT2D eigenvalue weighted by Crippen LogP contribution is 2.38. The van der Waals surface area contributed by atoms with E-state index in [0.717, 1.165) is 16.7 Å². The van der Waals surface area contributed by atoms with Gasteiger partial charge >= 0.3 is 0 Å². The predicted molar refractivity (Wildman–Crippen MR) is 92.9 cm³/mol. The van der Waals surface area contributed by atoms with Crippen molar-refractivity contribution in [3.8, 4) is 0 Å². The van der Waals surface area contributed by atoms with Gasteiger partial charge in [-0.2, -0.15) is 0 Å². The molecule has 0 fully saturated rings. The van der Waals surface area contributed by atoms with Crippen molar-refractivity contribution in [1.82, 2.24) is 0 Å². The summed E-state index contributed by atoms with van der Waals surface area (Å²) in [5, 5.41) is 0. The van der Waals surface area contributed by atoms with Gasteiger partial charge in [0.1, 0.15) is 11.6 Å². The molecule has 2 N–H and O–H groups in total. The van der Waals surface area contributed by atoms with Crippen LogP contribution in [-0.4, -0.2) is 6.54 Å². The first-order chi connectivity index (χ1) is 11.7. The molecule has 0 saturated heterocycles. The van der Waals surface area contributed by atoms with Crippen LogP contribution in [-0.2, 0) is 0 Å². The molecule has 3 aromatic carbocycles. The van der Waals surface area contributed by atoms with E-state index in [4.69, 9.17) is 5.73 Å². The second-order valence-corrected chi connectivity index (χ2v) is 5.83. The van der Waals surface area contributed by atoms with Crippen LogP contribution in [0.3, 0.4) is 0 Å². The van der Waals surface area contributed by atoms with Crippen molar-refractivity contribution in [3.05, 3.63) is 107 Å². The Balaban J connectivity index is 2.10. The van der Waals surface area contributed by atoms with Crippen LogP contribution in [0.2, 0.25) is 0 Å². The van der Waals surface area contributed by atoms with Crippen LogP contribution in [0.4, 0.5) is 8.78 Å². The molecule has 3 rings (SSSR count). The Kier molecular flexibility index (Phi) is 5.02. The predicted octanol–water partition coefficient (Wildman–Crippen LogP) is 4.84. The van der Waals surface area contributed by atoms with Gasteiger partial charge in [-0.15, -0.1) is 0 Å². The molecular weight excluding hydrogens is 304 g/mol. The minimum Gasteiger partial charge on any atom is -0.330 e. The third-order valence-corrected chi connectivity index (χ3v) is 4.34. The van der Waals surface area contributed by atoms with Crippen LogP contribution in [0.25, 0.3) is 0 Å². The van der Waals surface area contributed by atoms with Gasteiger partial charge in [-0.05, 0) is 41.0 Å². The summed E-state index contributed by atoms with van der Waals surface area (Å²) in [4.78, 5) is 0. The second-order valence-electron chi connectivity index (χ2n) is 5.83. The monoisotopic (exact) mass is 323 g/mol. The van der Waals surface area contributed by atoms with Crippen LogP contribution < -0.4 is 5.73 Å². The van der Waals surface area contributed by atoms with E-state index < -0.39 is 0 Å². The van der Waals surface area contributed by atoms with Crippen molar-refractivity contribution in [1.29, 1.82) is 0 Å². The highest BCUT2D eigenvalue weighted by molar-refractivity contribution is 5.38. The minimum absolute atomic E-state index is 0.0159. The summed E-state index contributed by atoms with van der Waals surface area (Å²) in [6.45, 7) is 0.434. The van der Waals surface area contributed by atoms with Crippen molar-refractivity contribution in [2.75, 3.05) is 6.54 Å². The summed E-state index contributed by atoms with van der Waals surface area (Å²) in [5.41, 5.74) is 9.12. The van der Waals surface area contributed by atoms with Gasteiger partial charge in [0.15, 0.2) is 0 Å². The Morgan fingerprint density at radius 1 is 0.625 bits per heavy atom. The van der Waals surface area contributed by atoms with Gasteiger partial charge < -0.3 is 5.73 Å². The van der Waals surface area contributed by atoms with Crippen LogP contribution in [0.5, 0.6) is 0 Å². The van der Waals surface area contributed by atoms with E-state index in [1.165, 1.54) is 24.3 Å². The number of benzene rings is 3. The molecule has 0 spiro atoms. The van der Waals surface area contributed by atoms with Gasteiger partial charge in [0.25, 0.3) is 0 Å². The van der Waals surface area contributed by atoms with E-state index in [1.807, 2.05) is 30.3 Å². The van der Waals surface area contributed by atoms with E-state index in [9.17, 15) is 8.78 Å². The number of hydrogen-bond acceptors (Lipinski definition) is 1. The zero-order valence-electron chi connectivity index (χ0n) is 13.2. The summed E-state index contributed by atoms with van der Waals surface area (Å²) >= 11 is 0. The van der Waals surface area contributed by atoms with E-state index >= 15 is 0 Å². The molecule has 3 heteroatoms. The Bertz CT molecular complexity index is 722. The van der Waals surface area contributed by atoms with E-state index in [-0.39, 0.29) is 23.5 Å². The molecule has 0 aliphatic carbocycles. The van der Waals surface area contributed by atoms with Crippen molar-refractivity contribution in [2.45, 2.75) is 11.8 Å². The molecule has 1 nitrogen and oxygen atoms in total. The molecule has 1 unspecified atom stereocenters. The zero-order valence-corrected chi connectivity index (χ0v) is 13.2. The maximum Gasteiger partial charge on any atom is 0.123 e. The lowest BCUT2D eigenvalue weighted by Crippen LogP contribution is -2.21. The standard InChI is InChI=1S/C21H19F2N/c22-18-10-6-16(7-11-18)21(17-8-12-19(23)13-9-17)20(14-24)15-4-2-1-3-5-15/h1-13,20-21H,14,24H2. The third-order valence-electron chi connectivity index (χ3n) is 4.34. The molecule has 24 heavy (non-hydrogen) atoms. The first-order valence-electron chi connectivity index (χ1n) is 7.95. The van der Waals surface area contributed by atoms with Crippen molar-refractivity contribution in [3.63, 3.8) is 0 Å². The first kappa shape index (κ1) is 16.3. The molecule has 0 saturated carbocycles. The minimum atomic E-state index is -0.277. The summed E-state index contributed by atoms with van der Waals surface area (Å²) in [7, 11) is 0. The maximum atomic E-state index is 13.3. The second kappa shape index (κ2) is 7.37. The highest BCUT2D eigenvalue weighted by atomic mass is 19.1. The van der Waals surface area contributed by atoms with Gasteiger partial charge in [-0.1, -0.05) is 54.6 Å². The SMILES string of the molecule is NCC(c1ccccc1)C(c1ccc(F)cc1)c1ccc(F)cc1. The molecule has 0 aliphatic rings. The summed E-state index contributed by atoms with van der Waals surface area (Å²) in [6.07, 6.45) is 0. The smallest absolute Gasteiger partial charge is 0.123 e. The average molecular weight is 323 g/mol. The summed E-state index contributed by atoms with van der Waals surface area (Å²) in [5.74, 6) is -0.609. The fraction of sp³-hybridized carbons (Fsp3) is 0.143. The molecule has 0 bridgehead atoms. The first-order valence-corrected chi connectivity index (χ1v) is 7.95. The Labute approximate surface area is 140 Å². The summed E-state index contributed by atoms with van der Waals surface area (Å²) in [6, 6.07) is 22.9. The number of rotatable bonds is 5. The molecule has 0 aromatic heterocycles. The molecule has 0 heterocycles. The fourth-order valence-electron chi connectivity index (χ4n) is 3.16. The lowest BCUT2D eigenvalue weighted by atomic mass is 9.77. The average Bonchev–Trinajstić information content (AvgIpc) is 2.62. The summed E-state index contributed by atoms with van der Waals surface area (Å²) < 4.78 is 26.7. The van der Waals surface area contributed by atoms with Crippen molar-refractivity contribution < 1.29 is 8.78 Å². The van der Waals surface area contributed by atoms with E-state index in [2.05, 4.69) is 0 Å². The van der Waals surface area contributed by atoms with Crippen LogP contribution in [0.15, 0.2) is 78.9 Å². The van der Waals surface area contributed by atoms with Gasteiger partial charge in [-0.3, -0.25) is 0 Å². The van der Waals surface area contributed by atoms with Gasteiger partial charge in [0.05, 0.1) is 0 Å². The number of halogens is 2. The Morgan fingerprint density at radius 3 is 1.50 bits per heavy atom. The van der Waals surface area contributed by atoms with Crippen molar-refractivity contribution in [2.24, 2.45) is 5.73 Å². The Hall–Kier alpha value is -2.52. The molecule has 1 atom stereocenters. The van der Waals surface area contributed by atoms with Crippen LogP contribution in [0.1, 0.15) is 28.5 Å². The molecular formula is C21H19F2N. The molecule has 0 amide bonds. The van der Waals surface area contributed by atoms with Crippen molar-refractivity contribution >= 4 is 0 Å². The van der Waals surface area contributed by atoms with Gasteiger partial charge in [0.2, 0.25) is 0 Å². The Morgan fingerprint density at radius 2 is 1.08 bits per heavy atom. The normalized spacial score (nSPS) is 12.3. The third kappa shape index (κ3) is 3.52. The molecule has 0 aliphatic heterocycles. The van der Waals surface area contributed by atoms with E-state index in [0.29, 0.717) is 6.54 Å². The quantitative estimate of drug-likeness (QED) is 0.714. The number of hydrogen-bond donors (Lipinski definition) is 1. The lowest BCUT2D eigenvalue weighted by Gasteiger charge is -2.28. The maximum absolute atomic E-state index is 13.3.